The number of ether oxygens (including phenoxy) is 1. The maximum absolute atomic E-state index is 5.85. The number of rotatable bonds is 4. The van der Waals surface area contributed by atoms with Crippen LogP contribution < -0.4 is 4.74 Å². The average Bonchev–Trinajstić information content (AvgIpc) is 3.19. The van der Waals surface area contributed by atoms with Gasteiger partial charge in [0.25, 0.3) is 0 Å². The largest absolute Gasteiger partial charge is 0.469 e. The Balaban J connectivity index is 1.71. The van der Waals surface area contributed by atoms with Gasteiger partial charge in [0, 0.05) is 18.0 Å². The summed E-state index contributed by atoms with van der Waals surface area (Å²) in [4.78, 5) is 8.82. The first-order valence-electron chi connectivity index (χ1n) is 7.59. The third-order valence-electron chi connectivity index (χ3n) is 3.83. The summed E-state index contributed by atoms with van der Waals surface area (Å²) in [7, 11) is 1.83. The van der Waals surface area contributed by atoms with Crippen LogP contribution in [-0.2, 0) is 13.7 Å². The molecular formula is C17H16N6O. The van der Waals surface area contributed by atoms with Gasteiger partial charge in [-0.05, 0) is 25.1 Å². The van der Waals surface area contributed by atoms with Gasteiger partial charge in [0.05, 0.1) is 11.9 Å². The molecule has 0 bridgehead atoms. The van der Waals surface area contributed by atoms with Crippen molar-refractivity contribution in [1.82, 2.24) is 29.5 Å². The molecule has 0 N–H and O–H groups in total. The van der Waals surface area contributed by atoms with Gasteiger partial charge in [-0.2, -0.15) is 15.2 Å². The first kappa shape index (κ1) is 14.4. The molecule has 7 heteroatoms. The molecule has 7 nitrogen and oxygen atoms in total. The summed E-state index contributed by atoms with van der Waals surface area (Å²) in [6.07, 6.45) is 3.32. The second kappa shape index (κ2) is 5.77. The monoisotopic (exact) mass is 320 g/mol. The molecule has 0 fully saturated rings. The zero-order chi connectivity index (χ0) is 16.5. The lowest BCUT2D eigenvalue weighted by Crippen LogP contribution is -2.06. The topological polar surface area (TPSA) is 70.7 Å². The molecule has 3 aromatic heterocycles. The van der Waals surface area contributed by atoms with Crippen LogP contribution in [0.5, 0.6) is 5.88 Å². The number of pyridine rings is 1. The van der Waals surface area contributed by atoms with Crippen LogP contribution in [0.15, 0.2) is 48.9 Å². The molecule has 0 saturated carbocycles. The van der Waals surface area contributed by atoms with E-state index in [1.165, 1.54) is 6.33 Å². The highest BCUT2D eigenvalue weighted by atomic mass is 16.5. The third-order valence-corrected chi connectivity index (χ3v) is 3.83. The third kappa shape index (κ3) is 2.50. The lowest BCUT2D eigenvalue weighted by Gasteiger charge is -2.09. The standard InChI is InChI=1S/C17H16N6O/c1-12-8-13-9-19-23(14-6-4-3-5-7-14)16(13)21-17(12)24-10-15-18-11-20-22(15)2/h3-9,11H,10H2,1-2H3. The van der Waals surface area contributed by atoms with Crippen molar-refractivity contribution in [3.05, 3.63) is 60.3 Å². The van der Waals surface area contributed by atoms with Crippen molar-refractivity contribution >= 4 is 11.0 Å². The van der Waals surface area contributed by atoms with E-state index in [4.69, 9.17) is 4.74 Å². The van der Waals surface area contributed by atoms with Crippen molar-refractivity contribution in [2.75, 3.05) is 0 Å². The van der Waals surface area contributed by atoms with Gasteiger partial charge in [-0.25, -0.2) is 9.67 Å². The lowest BCUT2D eigenvalue weighted by atomic mass is 10.2. The maximum Gasteiger partial charge on any atom is 0.218 e. The van der Waals surface area contributed by atoms with Crippen LogP contribution in [0.25, 0.3) is 16.7 Å². The van der Waals surface area contributed by atoms with Gasteiger partial charge in [0.15, 0.2) is 11.5 Å². The van der Waals surface area contributed by atoms with Crippen LogP contribution in [0.1, 0.15) is 11.4 Å². The summed E-state index contributed by atoms with van der Waals surface area (Å²) >= 11 is 0. The molecule has 3 heterocycles. The van der Waals surface area contributed by atoms with Crippen LogP contribution >= 0.6 is 0 Å². The van der Waals surface area contributed by atoms with E-state index < -0.39 is 0 Å². The summed E-state index contributed by atoms with van der Waals surface area (Å²) < 4.78 is 9.35. The van der Waals surface area contributed by atoms with Gasteiger partial charge in [0.1, 0.15) is 12.9 Å². The van der Waals surface area contributed by atoms with E-state index in [9.17, 15) is 0 Å². The number of aromatic nitrogens is 6. The first-order valence-corrected chi connectivity index (χ1v) is 7.59. The van der Waals surface area contributed by atoms with Gasteiger partial charge < -0.3 is 4.74 Å². The molecule has 4 aromatic rings. The Morgan fingerprint density at radius 3 is 2.71 bits per heavy atom. The van der Waals surface area contributed by atoms with Gasteiger partial charge in [-0.15, -0.1) is 0 Å². The number of hydrogen-bond donors (Lipinski definition) is 0. The van der Waals surface area contributed by atoms with E-state index in [-0.39, 0.29) is 0 Å². The molecule has 0 amide bonds. The summed E-state index contributed by atoms with van der Waals surface area (Å²) in [6, 6.07) is 11.9. The normalized spacial score (nSPS) is 11.1. The fourth-order valence-corrected chi connectivity index (χ4v) is 2.54. The Morgan fingerprint density at radius 1 is 1.12 bits per heavy atom. The smallest absolute Gasteiger partial charge is 0.218 e. The van der Waals surface area contributed by atoms with Crippen molar-refractivity contribution in [1.29, 1.82) is 0 Å². The highest BCUT2D eigenvalue weighted by Crippen LogP contribution is 2.24. The number of benzene rings is 1. The van der Waals surface area contributed by atoms with Crippen LogP contribution in [0.2, 0.25) is 0 Å². The zero-order valence-electron chi connectivity index (χ0n) is 13.4. The number of fused-ring (bicyclic) bond motifs is 1. The Morgan fingerprint density at radius 2 is 1.96 bits per heavy atom. The molecule has 0 atom stereocenters. The molecule has 0 aliphatic heterocycles. The van der Waals surface area contributed by atoms with Gasteiger partial charge >= 0.3 is 0 Å². The number of aryl methyl sites for hydroxylation is 2. The molecular weight excluding hydrogens is 304 g/mol. The van der Waals surface area contributed by atoms with Crippen molar-refractivity contribution < 1.29 is 4.74 Å². The summed E-state index contributed by atoms with van der Waals surface area (Å²) in [5.74, 6) is 1.32. The highest BCUT2D eigenvalue weighted by molar-refractivity contribution is 5.78. The second-order valence-corrected chi connectivity index (χ2v) is 5.50. The van der Waals surface area contributed by atoms with Crippen molar-refractivity contribution in [2.45, 2.75) is 13.5 Å². The molecule has 4 rings (SSSR count). The van der Waals surface area contributed by atoms with E-state index in [2.05, 4.69) is 20.2 Å². The van der Waals surface area contributed by atoms with E-state index in [1.54, 1.807) is 4.68 Å². The Kier molecular flexibility index (Phi) is 3.45. The van der Waals surface area contributed by atoms with Crippen LogP contribution in [0.4, 0.5) is 0 Å². The molecule has 120 valence electrons. The van der Waals surface area contributed by atoms with Crippen molar-refractivity contribution in [3.8, 4) is 11.6 Å². The van der Waals surface area contributed by atoms with Crippen LogP contribution in [0, 0.1) is 6.92 Å². The minimum absolute atomic E-state index is 0.315. The number of para-hydroxylation sites is 1. The van der Waals surface area contributed by atoms with Gasteiger partial charge in [0.2, 0.25) is 5.88 Å². The molecule has 0 aliphatic rings. The Labute approximate surface area is 138 Å². The SMILES string of the molecule is Cc1cc2cnn(-c3ccccc3)c2nc1OCc1ncnn1C. The highest BCUT2D eigenvalue weighted by Gasteiger charge is 2.12. The van der Waals surface area contributed by atoms with Gasteiger partial charge in [-0.1, -0.05) is 18.2 Å². The van der Waals surface area contributed by atoms with Crippen molar-refractivity contribution in [2.24, 2.45) is 7.05 Å². The van der Waals surface area contributed by atoms with E-state index in [0.29, 0.717) is 12.5 Å². The average molecular weight is 320 g/mol. The molecule has 0 aliphatic carbocycles. The number of nitrogens with zero attached hydrogens (tertiary/aromatic N) is 6. The van der Waals surface area contributed by atoms with Crippen LogP contribution in [-0.4, -0.2) is 29.5 Å². The van der Waals surface area contributed by atoms with Crippen molar-refractivity contribution in [3.63, 3.8) is 0 Å². The van der Waals surface area contributed by atoms with Gasteiger partial charge in [-0.3, -0.25) is 4.68 Å². The first-order chi connectivity index (χ1) is 11.7. The Bertz CT molecular complexity index is 989. The zero-order valence-corrected chi connectivity index (χ0v) is 13.4. The molecule has 24 heavy (non-hydrogen) atoms. The van der Waals surface area contributed by atoms with Crippen LogP contribution in [0.3, 0.4) is 0 Å². The summed E-state index contributed by atoms with van der Waals surface area (Å²) in [6.45, 7) is 2.29. The fraction of sp³-hybridized carbons (Fsp3) is 0.176. The second-order valence-electron chi connectivity index (χ2n) is 5.50. The minimum atomic E-state index is 0.315. The lowest BCUT2D eigenvalue weighted by molar-refractivity contribution is 0.277. The predicted molar refractivity (Wildman–Crippen MR) is 88.9 cm³/mol. The molecule has 0 spiro atoms. The quantitative estimate of drug-likeness (QED) is 0.577. The molecule has 0 saturated heterocycles. The predicted octanol–water partition coefficient (Wildman–Crippen LogP) is 2.44. The molecule has 0 radical (unpaired) electrons. The number of hydrogen-bond acceptors (Lipinski definition) is 5. The maximum atomic E-state index is 5.85. The molecule has 0 unspecified atom stereocenters. The summed E-state index contributed by atoms with van der Waals surface area (Å²) in [5, 5.41) is 9.46. The molecule has 1 aromatic carbocycles. The minimum Gasteiger partial charge on any atom is -0.469 e. The Hall–Kier alpha value is -3.22. The summed E-state index contributed by atoms with van der Waals surface area (Å²) in [5.41, 5.74) is 2.68. The van der Waals surface area contributed by atoms with E-state index in [0.717, 1.165) is 28.1 Å². The van der Waals surface area contributed by atoms with E-state index in [1.807, 2.05) is 61.2 Å². The fourth-order valence-electron chi connectivity index (χ4n) is 2.54. The van der Waals surface area contributed by atoms with E-state index >= 15 is 0 Å².